The lowest BCUT2D eigenvalue weighted by Crippen LogP contribution is -2.38. The number of rotatable bonds is 8. The van der Waals surface area contributed by atoms with Crippen molar-refractivity contribution in [2.45, 2.75) is 26.3 Å². The number of amides is 1. The summed E-state index contributed by atoms with van der Waals surface area (Å²) in [6.07, 6.45) is 7.15. The number of carbonyl (C=O) groups is 1. The van der Waals surface area contributed by atoms with E-state index in [2.05, 4.69) is 27.2 Å². The highest BCUT2D eigenvalue weighted by atomic mass is 16.5. The van der Waals surface area contributed by atoms with Gasteiger partial charge in [-0.25, -0.2) is 9.98 Å². The average Bonchev–Trinajstić information content (AvgIpc) is 2.88. The number of hydrogen-bond donors (Lipinski definition) is 3. The number of ether oxygens (including phenoxy) is 1. The Hall–Kier alpha value is -3.72. The number of hydrogen-bond acceptors (Lipinski definition) is 8. The van der Waals surface area contributed by atoms with E-state index in [1.54, 1.807) is 29.6 Å². The molecule has 0 aliphatic carbocycles. The third-order valence-electron chi connectivity index (χ3n) is 5.95. The molecule has 0 radical (unpaired) electrons. The molecule has 4 rings (SSSR count). The predicted molar refractivity (Wildman–Crippen MR) is 134 cm³/mol. The first-order valence-electron chi connectivity index (χ1n) is 11.5. The second-order valence-electron chi connectivity index (χ2n) is 8.50. The maximum absolute atomic E-state index is 13.6. The molecule has 2 aromatic heterocycles. The van der Waals surface area contributed by atoms with Gasteiger partial charge in [-0.2, -0.15) is 0 Å². The lowest BCUT2D eigenvalue weighted by Gasteiger charge is -2.27. The average molecular weight is 462 g/mol. The van der Waals surface area contributed by atoms with Crippen molar-refractivity contribution in [3.8, 4) is 0 Å². The number of nitrogens with one attached hydrogen (secondary N) is 2. The SMILES string of the molecule is C=C(NCC1CCOCC1)C(=O)N(Cc1cccnc1)c1nc(C2=CN=C(C)NC2)ccc1N. The van der Waals surface area contributed by atoms with Crippen molar-refractivity contribution in [3.63, 3.8) is 0 Å². The second kappa shape index (κ2) is 10.9. The smallest absolute Gasteiger partial charge is 0.275 e. The van der Waals surface area contributed by atoms with Crippen molar-refractivity contribution in [1.82, 2.24) is 20.6 Å². The van der Waals surface area contributed by atoms with Gasteiger partial charge in [-0.3, -0.25) is 14.7 Å². The molecule has 0 aromatic carbocycles. The van der Waals surface area contributed by atoms with Crippen LogP contribution in [0.25, 0.3) is 5.57 Å². The number of aliphatic imine (C=N–C) groups is 1. The first-order valence-corrected chi connectivity index (χ1v) is 11.5. The Morgan fingerprint density at radius 3 is 2.85 bits per heavy atom. The van der Waals surface area contributed by atoms with Gasteiger partial charge < -0.3 is 21.1 Å². The zero-order valence-corrected chi connectivity index (χ0v) is 19.5. The number of aromatic nitrogens is 2. The number of amidine groups is 1. The number of nitrogen functional groups attached to an aromatic ring is 1. The molecule has 4 heterocycles. The molecule has 0 unspecified atom stereocenters. The van der Waals surface area contributed by atoms with Gasteiger partial charge >= 0.3 is 0 Å². The van der Waals surface area contributed by atoms with Crippen LogP contribution >= 0.6 is 0 Å². The predicted octanol–water partition coefficient (Wildman–Crippen LogP) is 2.48. The van der Waals surface area contributed by atoms with Crippen LogP contribution in [0.4, 0.5) is 11.5 Å². The highest BCUT2D eigenvalue weighted by Crippen LogP contribution is 2.27. The van der Waals surface area contributed by atoms with Gasteiger partial charge in [0.25, 0.3) is 5.91 Å². The van der Waals surface area contributed by atoms with E-state index in [1.807, 2.05) is 25.1 Å². The second-order valence-corrected chi connectivity index (χ2v) is 8.50. The molecule has 0 saturated carbocycles. The Morgan fingerprint density at radius 1 is 1.32 bits per heavy atom. The molecule has 9 heteroatoms. The van der Waals surface area contributed by atoms with Crippen molar-refractivity contribution < 1.29 is 9.53 Å². The zero-order valence-electron chi connectivity index (χ0n) is 19.5. The molecular formula is C25H31N7O2. The van der Waals surface area contributed by atoms with Crippen molar-refractivity contribution >= 4 is 28.8 Å². The minimum absolute atomic E-state index is 0.264. The molecule has 0 spiro atoms. The number of nitrogens with two attached hydrogens (primary N) is 1. The maximum atomic E-state index is 13.6. The molecule has 4 N–H and O–H groups in total. The molecule has 1 fully saturated rings. The van der Waals surface area contributed by atoms with Gasteiger partial charge in [0.1, 0.15) is 0 Å². The molecule has 34 heavy (non-hydrogen) atoms. The lowest BCUT2D eigenvalue weighted by atomic mass is 10.0. The molecule has 178 valence electrons. The van der Waals surface area contributed by atoms with E-state index in [-0.39, 0.29) is 12.5 Å². The van der Waals surface area contributed by atoms with Gasteiger partial charge in [0, 0.05) is 50.5 Å². The summed E-state index contributed by atoms with van der Waals surface area (Å²) in [5.41, 5.74) is 9.52. The summed E-state index contributed by atoms with van der Waals surface area (Å²) in [6.45, 7) is 8.97. The van der Waals surface area contributed by atoms with E-state index in [4.69, 9.17) is 15.5 Å². The Bertz CT molecular complexity index is 1090. The van der Waals surface area contributed by atoms with Crippen LogP contribution in [0.15, 0.2) is 60.1 Å². The summed E-state index contributed by atoms with van der Waals surface area (Å²) in [7, 11) is 0. The van der Waals surface area contributed by atoms with E-state index < -0.39 is 0 Å². The van der Waals surface area contributed by atoms with Crippen molar-refractivity contribution in [3.05, 3.63) is 66.4 Å². The van der Waals surface area contributed by atoms with Crippen LogP contribution in [-0.2, 0) is 16.1 Å². The number of pyridine rings is 2. The Balaban J connectivity index is 1.60. The minimum Gasteiger partial charge on any atom is -0.396 e. The Labute approximate surface area is 199 Å². The van der Waals surface area contributed by atoms with Crippen molar-refractivity contribution in [1.29, 1.82) is 0 Å². The molecule has 2 aromatic rings. The number of nitrogens with zero attached hydrogens (tertiary/aromatic N) is 4. The minimum atomic E-state index is -0.281. The molecular weight excluding hydrogens is 430 g/mol. The van der Waals surface area contributed by atoms with Gasteiger partial charge in [0.2, 0.25) is 0 Å². The topological polar surface area (TPSA) is 118 Å². The third-order valence-corrected chi connectivity index (χ3v) is 5.95. The number of carbonyl (C=O) groups excluding carboxylic acids is 1. The first-order chi connectivity index (χ1) is 16.5. The summed E-state index contributed by atoms with van der Waals surface area (Å²) < 4.78 is 5.43. The van der Waals surface area contributed by atoms with Crippen LogP contribution in [0.1, 0.15) is 31.0 Å². The van der Waals surface area contributed by atoms with E-state index in [9.17, 15) is 4.79 Å². The summed E-state index contributed by atoms with van der Waals surface area (Å²) >= 11 is 0. The Kier molecular flexibility index (Phi) is 7.54. The molecule has 2 aliphatic rings. The van der Waals surface area contributed by atoms with Crippen molar-refractivity contribution in [2.24, 2.45) is 10.9 Å². The van der Waals surface area contributed by atoms with E-state index in [0.717, 1.165) is 43.0 Å². The van der Waals surface area contributed by atoms with Crippen LogP contribution < -0.4 is 21.3 Å². The van der Waals surface area contributed by atoms with E-state index in [0.29, 0.717) is 41.9 Å². The van der Waals surface area contributed by atoms with Crippen LogP contribution in [-0.4, -0.2) is 48.0 Å². The normalized spacial score (nSPS) is 16.1. The van der Waals surface area contributed by atoms with Crippen molar-refractivity contribution in [2.75, 3.05) is 36.9 Å². The fraction of sp³-hybridized carbons (Fsp3) is 0.360. The van der Waals surface area contributed by atoms with Crippen LogP contribution in [0.2, 0.25) is 0 Å². The standard InChI is InChI=1S/C25H31N7O2/c1-17(28-13-19-7-10-34-11-8-19)25(33)32(16-20-4-3-9-27-12-20)24-22(26)5-6-23(31-24)21-14-29-18(2)30-15-21/h3-6,9,12,14,19,28H,1,7-8,10-11,13,15-16,26H2,2H3,(H,29,30). The van der Waals surface area contributed by atoms with Gasteiger partial charge in [-0.1, -0.05) is 12.6 Å². The lowest BCUT2D eigenvalue weighted by molar-refractivity contribution is -0.115. The number of anilines is 2. The molecule has 2 aliphatic heterocycles. The molecule has 0 bridgehead atoms. The van der Waals surface area contributed by atoms with Gasteiger partial charge in [0.05, 0.1) is 29.5 Å². The van der Waals surface area contributed by atoms with Crippen LogP contribution in [0.5, 0.6) is 0 Å². The summed E-state index contributed by atoms with van der Waals surface area (Å²) in [5, 5.41) is 6.44. The largest absolute Gasteiger partial charge is 0.396 e. The van der Waals surface area contributed by atoms with Crippen LogP contribution in [0, 0.1) is 5.92 Å². The molecule has 1 amide bonds. The first kappa shape index (κ1) is 23.4. The quantitative estimate of drug-likeness (QED) is 0.517. The van der Waals surface area contributed by atoms with Gasteiger partial charge in [-0.15, -0.1) is 0 Å². The molecule has 9 nitrogen and oxygen atoms in total. The zero-order chi connectivity index (χ0) is 23.9. The summed E-state index contributed by atoms with van der Waals surface area (Å²) in [4.78, 5) is 28.4. The fourth-order valence-electron chi connectivity index (χ4n) is 3.87. The summed E-state index contributed by atoms with van der Waals surface area (Å²) in [6, 6.07) is 7.36. The third kappa shape index (κ3) is 5.79. The van der Waals surface area contributed by atoms with Gasteiger partial charge in [0.15, 0.2) is 5.82 Å². The van der Waals surface area contributed by atoms with Gasteiger partial charge in [-0.05, 0) is 49.4 Å². The highest BCUT2D eigenvalue weighted by molar-refractivity contribution is 6.05. The summed E-state index contributed by atoms with van der Waals surface area (Å²) in [5.74, 6) is 1.40. The van der Waals surface area contributed by atoms with Crippen LogP contribution in [0.3, 0.4) is 0 Å². The molecule has 0 atom stereocenters. The molecule has 1 saturated heterocycles. The van der Waals surface area contributed by atoms with E-state index >= 15 is 0 Å². The highest BCUT2D eigenvalue weighted by Gasteiger charge is 2.24. The van der Waals surface area contributed by atoms with E-state index in [1.165, 1.54) is 0 Å². The monoisotopic (exact) mass is 461 g/mol. The maximum Gasteiger partial charge on any atom is 0.275 e. The Morgan fingerprint density at radius 2 is 2.15 bits per heavy atom. The fourth-order valence-corrected chi connectivity index (χ4v) is 3.87.